The molecule has 0 spiro atoms. The fraction of sp³-hybridized carbons (Fsp3) is 0.977. The van der Waals surface area contributed by atoms with Gasteiger partial charge in [-0.15, -0.1) is 0 Å². The molecule has 12 heteroatoms. The molecule has 0 radical (unpaired) electrons. The second-order valence-corrected chi connectivity index (χ2v) is 13.8. The van der Waals surface area contributed by atoms with Gasteiger partial charge in [0.15, 0.2) is 0 Å². The summed E-state index contributed by atoms with van der Waals surface area (Å²) >= 11 is 0. The first-order valence-electron chi connectivity index (χ1n) is 22.2. The van der Waals surface area contributed by atoms with Gasteiger partial charge in [0.05, 0.1) is 131 Å². The van der Waals surface area contributed by atoms with E-state index in [1.807, 2.05) is 6.92 Å². The highest BCUT2D eigenvalue weighted by atomic mass is 16.6. The highest BCUT2D eigenvalue weighted by Gasteiger charge is 2.17. The summed E-state index contributed by atoms with van der Waals surface area (Å²) in [4.78, 5) is 12.0. The summed E-state index contributed by atoms with van der Waals surface area (Å²) in [6.07, 6.45) is 21.6. The van der Waals surface area contributed by atoms with E-state index in [4.69, 9.17) is 52.1 Å². The molecule has 0 aromatic rings. The van der Waals surface area contributed by atoms with Crippen molar-refractivity contribution < 1.29 is 56.9 Å². The van der Waals surface area contributed by atoms with Crippen molar-refractivity contribution in [2.24, 2.45) is 5.92 Å². The maximum absolute atomic E-state index is 12.0. The van der Waals surface area contributed by atoms with E-state index in [0.717, 1.165) is 38.7 Å². The van der Waals surface area contributed by atoms with Crippen LogP contribution in [-0.2, 0) is 56.9 Å². The monoisotopic (exact) mass is 795 g/mol. The molecule has 0 heterocycles. The molecule has 1 unspecified atom stereocenters. The van der Waals surface area contributed by atoms with Crippen LogP contribution in [0, 0.1) is 5.92 Å². The molecule has 0 saturated carbocycles. The first-order chi connectivity index (χ1) is 27.3. The zero-order chi connectivity index (χ0) is 39.8. The number of carbonyl (C=O) groups is 1. The van der Waals surface area contributed by atoms with Crippen molar-refractivity contribution in [2.45, 2.75) is 130 Å². The normalized spacial score (nSPS) is 12.1. The minimum absolute atomic E-state index is 0.00147. The quantitative estimate of drug-likeness (QED) is 0.0439. The predicted octanol–water partition coefficient (Wildman–Crippen LogP) is 8.00. The van der Waals surface area contributed by atoms with Gasteiger partial charge < -0.3 is 52.1 Å². The van der Waals surface area contributed by atoms with Crippen molar-refractivity contribution in [3.8, 4) is 0 Å². The summed E-state index contributed by atoms with van der Waals surface area (Å²) in [7, 11) is 0. The molecule has 1 atom stereocenters. The lowest BCUT2D eigenvalue weighted by Crippen LogP contribution is -2.20. The minimum atomic E-state index is -0.117. The molecule has 0 aromatic carbocycles. The van der Waals surface area contributed by atoms with E-state index in [1.54, 1.807) is 0 Å². The average molecular weight is 795 g/mol. The standard InChI is InChI=1S/C43H86O12/c1-4-7-9-10-11-12-13-14-15-16-17-18-19-21-45-22-23-46-24-25-47-26-27-48-28-29-49-30-31-50-32-33-51-34-35-52-36-37-53-38-39-54-40-41-55-43(44)42(6-3)20-8-5-2/h42H,4-41H2,1-3H3. The summed E-state index contributed by atoms with van der Waals surface area (Å²) in [5, 5.41) is 0. The number of rotatable bonds is 49. The molecular formula is C43H86O12. The predicted molar refractivity (Wildman–Crippen MR) is 218 cm³/mol. The first-order valence-corrected chi connectivity index (χ1v) is 22.2. The van der Waals surface area contributed by atoms with Gasteiger partial charge in [0.25, 0.3) is 0 Å². The van der Waals surface area contributed by atoms with Crippen LogP contribution < -0.4 is 0 Å². The van der Waals surface area contributed by atoms with Crippen LogP contribution in [0.1, 0.15) is 130 Å². The third-order valence-electron chi connectivity index (χ3n) is 8.94. The average Bonchev–Trinajstić information content (AvgIpc) is 3.19. The van der Waals surface area contributed by atoms with E-state index in [-0.39, 0.29) is 18.5 Å². The number of unbranched alkanes of at least 4 members (excludes halogenated alkanes) is 13. The van der Waals surface area contributed by atoms with Gasteiger partial charge in [0.1, 0.15) is 6.61 Å². The Morgan fingerprint density at radius 2 is 0.564 bits per heavy atom. The topological polar surface area (TPSA) is 119 Å². The molecule has 0 amide bonds. The van der Waals surface area contributed by atoms with Crippen molar-refractivity contribution in [3.05, 3.63) is 0 Å². The van der Waals surface area contributed by atoms with E-state index in [0.29, 0.717) is 126 Å². The highest BCUT2D eigenvalue weighted by molar-refractivity contribution is 5.72. The van der Waals surface area contributed by atoms with Gasteiger partial charge in [-0.3, -0.25) is 4.79 Å². The van der Waals surface area contributed by atoms with Crippen molar-refractivity contribution in [3.63, 3.8) is 0 Å². The summed E-state index contributed by atoms with van der Waals surface area (Å²) in [5.74, 6) is -0.118. The van der Waals surface area contributed by atoms with Crippen LogP contribution in [0.15, 0.2) is 0 Å². The van der Waals surface area contributed by atoms with Gasteiger partial charge in [-0.05, 0) is 19.3 Å². The number of ether oxygens (including phenoxy) is 11. The Balaban J connectivity index is 3.12. The second-order valence-electron chi connectivity index (χ2n) is 13.8. The third-order valence-corrected chi connectivity index (χ3v) is 8.94. The minimum Gasteiger partial charge on any atom is -0.463 e. The lowest BCUT2D eigenvalue weighted by Gasteiger charge is -2.13. The molecule has 0 fully saturated rings. The Hall–Kier alpha value is -0.930. The Kier molecular flexibility index (Phi) is 48.4. The molecule has 0 N–H and O–H groups in total. The maximum Gasteiger partial charge on any atom is 0.308 e. The van der Waals surface area contributed by atoms with Gasteiger partial charge >= 0.3 is 5.97 Å². The summed E-state index contributed by atoms with van der Waals surface area (Å²) in [5.41, 5.74) is 0. The number of hydrogen-bond donors (Lipinski definition) is 0. The van der Waals surface area contributed by atoms with Crippen LogP contribution in [0.4, 0.5) is 0 Å². The van der Waals surface area contributed by atoms with Gasteiger partial charge in [0, 0.05) is 6.61 Å². The first kappa shape index (κ1) is 54.1. The number of esters is 1. The Morgan fingerprint density at radius 1 is 0.309 bits per heavy atom. The van der Waals surface area contributed by atoms with Gasteiger partial charge in [-0.2, -0.15) is 0 Å². The summed E-state index contributed by atoms with van der Waals surface area (Å²) in [6, 6.07) is 0. The summed E-state index contributed by atoms with van der Waals surface area (Å²) in [6.45, 7) is 17.4. The Morgan fingerprint density at radius 3 is 0.855 bits per heavy atom. The van der Waals surface area contributed by atoms with Crippen LogP contribution in [-0.4, -0.2) is 145 Å². The van der Waals surface area contributed by atoms with Crippen LogP contribution >= 0.6 is 0 Å². The van der Waals surface area contributed by atoms with E-state index < -0.39 is 0 Å². The number of carbonyl (C=O) groups excluding carboxylic acids is 1. The van der Waals surface area contributed by atoms with E-state index in [9.17, 15) is 4.79 Å². The Bertz CT molecular complexity index is 717. The lowest BCUT2D eigenvalue weighted by molar-refractivity contribution is -0.150. The molecule has 55 heavy (non-hydrogen) atoms. The zero-order valence-corrected chi connectivity index (χ0v) is 35.8. The summed E-state index contributed by atoms with van der Waals surface area (Å²) < 4.78 is 60.6. The molecule has 12 nitrogen and oxygen atoms in total. The smallest absolute Gasteiger partial charge is 0.308 e. The second kappa shape index (κ2) is 49.2. The third kappa shape index (κ3) is 45.6. The van der Waals surface area contributed by atoms with Crippen molar-refractivity contribution in [1.29, 1.82) is 0 Å². The highest BCUT2D eigenvalue weighted by Crippen LogP contribution is 2.14. The molecule has 330 valence electrons. The maximum atomic E-state index is 12.0. The molecule has 0 aliphatic rings. The Labute approximate surface area is 336 Å². The van der Waals surface area contributed by atoms with Gasteiger partial charge in [0.2, 0.25) is 0 Å². The van der Waals surface area contributed by atoms with E-state index >= 15 is 0 Å². The lowest BCUT2D eigenvalue weighted by atomic mass is 10.00. The fourth-order valence-electron chi connectivity index (χ4n) is 5.56. The van der Waals surface area contributed by atoms with Crippen LogP contribution in [0.5, 0.6) is 0 Å². The number of hydrogen-bond acceptors (Lipinski definition) is 12. The van der Waals surface area contributed by atoms with Crippen LogP contribution in [0.3, 0.4) is 0 Å². The fourth-order valence-corrected chi connectivity index (χ4v) is 5.56. The largest absolute Gasteiger partial charge is 0.463 e. The SMILES string of the molecule is CCCCCCCCCCCCCCCOCCOCCOCCOCCOCCOCCOCCOCCOCCOCCOC(=O)C(CC)CCCC. The van der Waals surface area contributed by atoms with Crippen molar-refractivity contribution in [2.75, 3.05) is 139 Å². The molecule has 0 bridgehead atoms. The van der Waals surface area contributed by atoms with Crippen molar-refractivity contribution >= 4 is 5.97 Å². The van der Waals surface area contributed by atoms with Gasteiger partial charge in [-0.1, -0.05) is 111 Å². The molecule has 0 aliphatic heterocycles. The van der Waals surface area contributed by atoms with Crippen molar-refractivity contribution in [1.82, 2.24) is 0 Å². The molecule has 0 aromatic heterocycles. The zero-order valence-electron chi connectivity index (χ0n) is 35.8. The molecule has 0 aliphatic carbocycles. The van der Waals surface area contributed by atoms with Gasteiger partial charge in [-0.25, -0.2) is 0 Å². The van der Waals surface area contributed by atoms with E-state index in [2.05, 4.69) is 13.8 Å². The molecular weight excluding hydrogens is 708 g/mol. The van der Waals surface area contributed by atoms with Crippen LogP contribution in [0.2, 0.25) is 0 Å². The molecule has 0 rings (SSSR count). The molecule has 0 saturated heterocycles. The van der Waals surface area contributed by atoms with E-state index in [1.165, 1.54) is 77.0 Å². The van der Waals surface area contributed by atoms with Crippen LogP contribution in [0.25, 0.3) is 0 Å².